The van der Waals surface area contributed by atoms with Gasteiger partial charge in [-0.05, 0) is 43.3 Å². The first-order chi connectivity index (χ1) is 12.7. The van der Waals surface area contributed by atoms with Crippen LogP contribution >= 0.6 is 0 Å². The van der Waals surface area contributed by atoms with Gasteiger partial charge in [0.2, 0.25) is 5.89 Å². The number of ether oxygens (including phenoxy) is 1. The van der Waals surface area contributed by atoms with E-state index in [9.17, 15) is 0 Å². The minimum atomic E-state index is 0.506. The number of hydrogen-bond acceptors (Lipinski definition) is 4. The predicted molar refractivity (Wildman–Crippen MR) is 102 cm³/mol. The first-order valence-electron chi connectivity index (χ1n) is 8.38. The Labute approximate surface area is 152 Å². The molecule has 4 heteroatoms. The molecule has 0 unspecified atom stereocenters. The molecule has 0 aliphatic rings. The third-order valence-corrected chi connectivity index (χ3v) is 4.19. The van der Waals surface area contributed by atoms with Crippen LogP contribution in [0.5, 0.6) is 5.75 Å². The van der Waals surface area contributed by atoms with Crippen molar-refractivity contribution in [2.75, 3.05) is 7.11 Å². The van der Waals surface area contributed by atoms with Crippen LogP contribution in [-0.2, 0) is 0 Å². The average molecular weight is 342 g/mol. The molecule has 0 N–H and O–H groups in total. The van der Waals surface area contributed by atoms with E-state index in [0.717, 1.165) is 28.3 Å². The fourth-order valence-electron chi connectivity index (χ4n) is 2.76. The Kier molecular flexibility index (Phi) is 4.23. The molecular formula is C22H18N2O2. The van der Waals surface area contributed by atoms with E-state index in [0.29, 0.717) is 11.6 Å². The van der Waals surface area contributed by atoms with Gasteiger partial charge in [-0.3, -0.25) is 4.98 Å². The Morgan fingerprint density at radius 2 is 1.58 bits per heavy atom. The number of pyridine rings is 1. The monoisotopic (exact) mass is 342 g/mol. The SMILES string of the molecule is COc1ccc(-c2oc(-c3ccccn3)nc2-c2ccc(C)cc2)cc1. The molecule has 0 fully saturated rings. The maximum absolute atomic E-state index is 6.13. The van der Waals surface area contributed by atoms with Crippen LogP contribution in [0, 0.1) is 6.92 Å². The van der Waals surface area contributed by atoms with Crippen LogP contribution < -0.4 is 4.74 Å². The predicted octanol–water partition coefficient (Wildman–Crippen LogP) is 5.39. The fourth-order valence-corrected chi connectivity index (χ4v) is 2.76. The standard InChI is InChI=1S/C22H18N2O2/c1-15-6-8-16(9-7-15)20-21(17-10-12-18(25-2)13-11-17)26-22(24-20)19-5-3-4-14-23-19/h3-14H,1-2H3. The Morgan fingerprint density at radius 1 is 0.846 bits per heavy atom. The molecule has 2 aromatic carbocycles. The van der Waals surface area contributed by atoms with Crippen molar-refractivity contribution in [3.63, 3.8) is 0 Å². The van der Waals surface area contributed by atoms with E-state index in [-0.39, 0.29) is 0 Å². The maximum atomic E-state index is 6.13. The summed E-state index contributed by atoms with van der Waals surface area (Å²) in [7, 11) is 1.65. The molecule has 0 aliphatic heterocycles. The number of aryl methyl sites for hydroxylation is 1. The average Bonchev–Trinajstić information content (AvgIpc) is 3.15. The van der Waals surface area contributed by atoms with Crippen molar-refractivity contribution >= 4 is 0 Å². The van der Waals surface area contributed by atoms with Gasteiger partial charge in [-0.25, -0.2) is 4.98 Å². The van der Waals surface area contributed by atoms with Gasteiger partial charge in [0.1, 0.15) is 17.1 Å². The number of oxazole rings is 1. The first-order valence-corrected chi connectivity index (χ1v) is 8.38. The van der Waals surface area contributed by atoms with Crippen molar-refractivity contribution < 1.29 is 9.15 Å². The maximum Gasteiger partial charge on any atom is 0.246 e. The molecule has 4 nitrogen and oxygen atoms in total. The summed E-state index contributed by atoms with van der Waals surface area (Å²) >= 11 is 0. The molecule has 0 saturated heterocycles. The molecule has 2 heterocycles. The summed E-state index contributed by atoms with van der Waals surface area (Å²) in [6.45, 7) is 2.07. The molecule has 2 aromatic heterocycles. The highest BCUT2D eigenvalue weighted by Crippen LogP contribution is 2.36. The molecule has 26 heavy (non-hydrogen) atoms. The molecule has 128 valence electrons. The smallest absolute Gasteiger partial charge is 0.246 e. The largest absolute Gasteiger partial charge is 0.497 e. The van der Waals surface area contributed by atoms with Gasteiger partial charge in [0, 0.05) is 17.3 Å². The van der Waals surface area contributed by atoms with Crippen molar-refractivity contribution in [2.24, 2.45) is 0 Å². The second-order valence-corrected chi connectivity index (χ2v) is 6.01. The van der Waals surface area contributed by atoms with Gasteiger partial charge in [0.25, 0.3) is 0 Å². The van der Waals surface area contributed by atoms with E-state index in [1.165, 1.54) is 5.56 Å². The number of hydrogen-bond donors (Lipinski definition) is 0. The topological polar surface area (TPSA) is 48.2 Å². The Morgan fingerprint density at radius 3 is 2.23 bits per heavy atom. The lowest BCUT2D eigenvalue weighted by Gasteiger charge is -2.04. The highest BCUT2D eigenvalue weighted by atomic mass is 16.5. The summed E-state index contributed by atoms with van der Waals surface area (Å²) < 4.78 is 11.4. The van der Waals surface area contributed by atoms with E-state index in [1.807, 2.05) is 42.5 Å². The van der Waals surface area contributed by atoms with Crippen LogP contribution in [0.2, 0.25) is 0 Å². The lowest BCUT2D eigenvalue weighted by Crippen LogP contribution is -1.85. The lowest BCUT2D eigenvalue weighted by molar-refractivity contribution is 0.415. The summed E-state index contributed by atoms with van der Waals surface area (Å²) in [5.41, 5.74) is 4.66. The number of aromatic nitrogens is 2. The van der Waals surface area contributed by atoms with Gasteiger partial charge >= 0.3 is 0 Å². The van der Waals surface area contributed by atoms with Gasteiger partial charge in [-0.1, -0.05) is 35.9 Å². The van der Waals surface area contributed by atoms with Crippen molar-refractivity contribution in [2.45, 2.75) is 6.92 Å². The highest BCUT2D eigenvalue weighted by molar-refractivity contribution is 5.79. The molecule has 0 atom stereocenters. The van der Waals surface area contributed by atoms with Gasteiger partial charge in [0.05, 0.1) is 7.11 Å². The van der Waals surface area contributed by atoms with Gasteiger partial charge in [0.15, 0.2) is 5.76 Å². The van der Waals surface area contributed by atoms with Gasteiger partial charge in [-0.2, -0.15) is 0 Å². The molecule has 0 saturated carbocycles. The molecule has 0 radical (unpaired) electrons. The molecule has 0 spiro atoms. The molecule has 0 aliphatic carbocycles. The number of methoxy groups -OCH3 is 1. The van der Waals surface area contributed by atoms with E-state index in [1.54, 1.807) is 13.3 Å². The summed E-state index contributed by atoms with van der Waals surface area (Å²) in [4.78, 5) is 9.09. The minimum absolute atomic E-state index is 0.506. The summed E-state index contributed by atoms with van der Waals surface area (Å²) in [6.07, 6.45) is 1.73. The van der Waals surface area contributed by atoms with Crippen LogP contribution in [0.25, 0.3) is 34.2 Å². The second kappa shape index (κ2) is 6.84. The van der Waals surface area contributed by atoms with Crippen LogP contribution in [-0.4, -0.2) is 17.1 Å². The Balaban J connectivity index is 1.87. The van der Waals surface area contributed by atoms with E-state index < -0.39 is 0 Å². The molecule has 0 bridgehead atoms. The van der Waals surface area contributed by atoms with Crippen LogP contribution in [0.1, 0.15) is 5.56 Å². The van der Waals surface area contributed by atoms with Crippen LogP contribution in [0.4, 0.5) is 0 Å². The first kappa shape index (κ1) is 16.1. The fraction of sp³-hybridized carbons (Fsp3) is 0.0909. The normalized spacial score (nSPS) is 10.7. The second-order valence-electron chi connectivity index (χ2n) is 6.01. The van der Waals surface area contributed by atoms with E-state index >= 15 is 0 Å². The van der Waals surface area contributed by atoms with Gasteiger partial charge in [-0.15, -0.1) is 0 Å². The number of benzene rings is 2. The van der Waals surface area contributed by atoms with Crippen LogP contribution in [0.3, 0.4) is 0 Å². The van der Waals surface area contributed by atoms with Crippen molar-refractivity contribution in [3.05, 3.63) is 78.5 Å². The highest BCUT2D eigenvalue weighted by Gasteiger charge is 2.18. The van der Waals surface area contributed by atoms with Gasteiger partial charge < -0.3 is 9.15 Å². The molecular weight excluding hydrogens is 324 g/mol. The van der Waals surface area contributed by atoms with Crippen molar-refractivity contribution in [1.82, 2.24) is 9.97 Å². The zero-order valence-corrected chi connectivity index (χ0v) is 14.6. The van der Waals surface area contributed by atoms with Crippen LogP contribution in [0.15, 0.2) is 77.3 Å². The third kappa shape index (κ3) is 3.09. The van der Waals surface area contributed by atoms with E-state index in [2.05, 4.69) is 36.2 Å². The summed E-state index contributed by atoms with van der Waals surface area (Å²) in [5, 5.41) is 0. The quantitative estimate of drug-likeness (QED) is 0.499. The lowest BCUT2D eigenvalue weighted by atomic mass is 10.0. The molecule has 4 aromatic rings. The van der Waals surface area contributed by atoms with E-state index in [4.69, 9.17) is 14.1 Å². The van der Waals surface area contributed by atoms with Crippen molar-refractivity contribution in [3.8, 4) is 39.9 Å². The number of nitrogens with zero attached hydrogens (tertiary/aromatic N) is 2. The minimum Gasteiger partial charge on any atom is -0.497 e. The zero-order valence-electron chi connectivity index (χ0n) is 14.6. The molecule has 4 rings (SSSR count). The number of rotatable bonds is 4. The summed E-state index contributed by atoms with van der Waals surface area (Å²) in [5.74, 6) is 2.03. The van der Waals surface area contributed by atoms with Crippen molar-refractivity contribution in [1.29, 1.82) is 0 Å². The Hall–Kier alpha value is -3.40. The Bertz CT molecular complexity index is 1000. The summed E-state index contributed by atoms with van der Waals surface area (Å²) in [6, 6.07) is 21.7. The zero-order chi connectivity index (χ0) is 17.9. The third-order valence-electron chi connectivity index (χ3n) is 4.19. The molecule has 0 amide bonds.